The standard InChI is InChI=1S/C20H22N2O2/c23-20(21-19-14-22-12-10-15(19)11-13-22)16-6-8-18(9-7-16)24-17-4-2-1-3-5-17/h1-9,15,19H,10-14H2,(H,21,23). The van der Waals surface area contributed by atoms with E-state index in [4.69, 9.17) is 4.74 Å². The maximum Gasteiger partial charge on any atom is 0.251 e. The first-order valence-electron chi connectivity index (χ1n) is 8.64. The minimum atomic E-state index is 0.0139. The molecule has 3 saturated heterocycles. The monoisotopic (exact) mass is 322 g/mol. The molecule has 0 aromatic heterocycles. The van der Waals surface area contributed by atoms with Crippen LogP contribution in [0.3, 0.4) is 0 Å². The number of piperidine rings is 3. The van der Waals surface area contributed by atoms with E-state index in [1.807, 2.05) is 54.6 Å². The van der Waals surface area contributed by atoms with Crippen LogP contribution < -0.4 is 10.1 Å². The summed E-state index contributed by atoms with van der Waals surface area (Å²) in [6.45, 7) is 3.36. The Bertz CT molecular complexity index is 691. The summed E-state index contributed by atoms with van der Waals surface area (Å²) in [5, 5.41) is 3.21. The molecule has 3 heterocycles. The minimum absolute atomic E-state index is 0.0139. The number of hydrogen-bond acceptors (Lipinski definition) is 3. The molecule has 3 aliphatic heterocycles. The maximum atomic E-state index is 12.5. The quantitative estimate of drug-likeness (QED) is 0.939. The summed E-state index contributed by atoms with van der Waals surface area (Å²) in [5.41, 5.74) is 0.687. The van der Waals surface area contributed by atoms with Crippen LogP contribution in [-0.4, -0.2) is 36.5 Å². The summed E-state index contributed by atoms with van der Waals surface area (Å²) in [4.78, 5) is 14.9. The van der Waals surface area contributed by atoms with E-state index < -0.39 is 0 Å². The second-order valence-corrected chi connectivity index (χ2v) is 6.66. The zero-order valence-corrected chi connectivity index (χ0v) is 13.7. The van der Waals surface area contributed by atoms with E-state index >= 15 is 0 Å². The molecule has 2 aromatic rings. The molecule has 1 amide bonds. The SMILES string of the molecule is O=C(NC1CN2CCC1CC2)c1ccc(Oc2ccccc2)cc1. The van der Waals surface area contributed by atoms with Crippen LogP contribution in [0.4, 0.5) is 0 Å². The average molecular weight is 322 g/mol. The number of benzene rings is 2. The molecule has 0 aliphatic carbocycles. The number of carbonyl (C=O) groups excluding carboxylic acids is 1. The summed E-state index contributed by atoms with van der Waals surface area (Å²) in [5.74, 6) is 2.18. The normalized spacial score (nSPS) is 25.2. The highest BCUT2D eigenvalue weighted by Crippen LogP contribution is 2.28. The number of nitrogens with one attached hydrogen (secondary N) is 1. The molecule has 0 spiro atoms. The topological polar surface area (TPSA) is 41.6 Å². The van der Waals surface area contributed by atoms with Crippen molar-refractivity contribution in [3.63, 3.8) is 0 Å². The van der Waals surface area contributed by atoms with E-state index in [1.165, 1.54) is 25.9 Å². The molecule has 2 bridgehead atoms. The summed E-state index contributed by atoms with van der Waals surface area (Å²) in [6.07, 6.45) is 2.41. The van der Waals surface area contributed by atoms with Crippen molar-refractivity contribution in [1.82, 2.24) is 10.2 Å². The van der Waals surface area contributed by atoms with Gasteiger partial charge in [-0.25, -0.2) is 0 Å². The number of hydrogen-bond donors (Lipinski definition) is 1. The molecular weight excluding hydrogens is 300 g/mol. The van der Waals surface area contributed by atoms with Gasteiger partial charge in [0, 0.05) is 18.2 Å². The van der Waals surface area contributed by atoms with Gasteiger partial charge >= 0.3 is 0 Å². The first-order chi connectivity index (χ1) is 11.8. The van der Waals surface area contributed by atoms with Gasteiger partial charge in [0.1, 0.15) is 11.5 Å². The Labute approximate surface area is 142 Å². The zero-order chi connectivity index (χ0) is 16.4. The fourth-order valence-corrected chi connectivity index (χ4v) is 3.68. The lowest BCUT2D eigenvalue weighted by Crippen LogP contribution is -2.57. The Morgan fingerprint density at radius 3 is 2.25 bits per heavy atom. The lowest BCUT2D eigenvalue weighted by molar-refractivity contribution is 0.0620. The number of carbonyl (C=O) groups is 1. The number of ether oxygens (including phenoxy) is 1. The highest BCUT2D eigenvalue weighted by Gasteiger charge is 2.34. The van der Waals surface area contributed by atoms with Gasteiger partial charge in [-0.05, 0) is 68.2 Å². The van der Waals surface area contributed by atoms with Gasteiger partial charge in [-0.1, -0.05) is 18.2 Å². The molecule has 4 heteroatoms. The Morgan fingerprint density at radius 1 is 0.958 bits per heavy atom. The fourth-order valence-electron chi connectivity index (χ4n) is 3.68. The molecule has 1 atom stereocenters. The van der Waals surface area contributed by atoms with Crippen molar-refractivity contribution in [2.45, 2.75) is 18.9 Å². The van der Waals surface area contributed by atoms with Crippen molar-refractivity contribution in [3.8, 4) is 11.5 Å². The van der Waals surface area contributed by atoms with Gasteiger partial charge in [-0.2, -0.15) is 0 Å². The van der Waals surface area contributed by atoms with Crippen LogP contribution in [0.25, 0.3) is 0 Å². The van der Waals surface area contributed by atoms with Gasteiger partial charge in [0.25, 0.3) is 5.91 Å². The number of rotatable bonds is 4. The van der Waals surface area contributed by atoms with E-state index in [1.54, 1.807) is 0 Å². The number of fused-ring (bicyclic) bond motifs is 3. The van der Waals surface area contributed by atoms with Crippen LogP contribution >= 0.6 is 0 Å². The van der Waals surface area contributed by atoms with Crippen molar-refractivity contribution < 1.29 is 9.53 Å². The predicted molar refractivity (Wildman–Crippen MR) is 93.4 cm³/mol. The largest absolute Gasteiger partial charge is 0.457 e. The van der Waals surface area contributed by atoms with Gasteiger partial charge in [0.2, 0.25) is 0 Å². The highest BCUT2D eigenvalue weighted by molar-refractivity contribution is 5.94. The van der Waals surface area contributed by atoms with Gasteiger partial charge < -0.3 is 15.0 Å². The van der Waals surface area contributed by atoms with Crippen molar-refractivity contribution in [2.75, 3.05) is 19.6 Å². The molecule has 2 aromatic carbocycles. The molecule has 1 unspecified atom stereocenters. The Balaban J connectivity index is 1.38. The minimum Gasteiger partial charge on any atom is -0.457 e. The van der Waals surface area contributed by atoms with Gasteiger partial charge in [0.05, 0.1) is 0 Å². The van der Waals surface area contributed by atoms with Gasteiger partial charge in [-0.15, -0.1) is 0 Å². The zero-order valence-electron chi connectivity index (χ0n) is 13.7. The smallest absolute Gasteiger partial charge is 0.251 e. The molecule has 0 saturated carbocycles. The average Bonchev–Trinajstić information content (AvgIpc) is 2.64. The third-order valence-electron chi connectivity index (χ3n) is 5.07. The maximum absolute atomic E-state index is 12.5. The third kappa shape index (κ3) is 3.29. The van der Waals surface area contributed by atoms with Crippen LogP contribution in [0.5, 0.6) is 11.5 Å². The van der Waals surface area contributed by atoms with Gasteiger partial charge in [0.15, 0.2) is 0 Å². The number of nitrogens with zero attached hydrogens (tertiary/aromatic N) is 1. The van der Waals surface area contributed by atoms with Crippen LogP contribution in [0.15, 0.2) is 54.6 Å². The summed E-state index contributed by atoms with van der Waals surface area (Å²) in [7, 11) is 0. The fraction of sp³-hybridized carbons (Fsp3) is 0.350. The van der Waals surface area contributed by atoms with Crippen molar-refractivity contribution in [3.05, 3.63) is 60.2 Å². The van der Waals surface area contributed by atoms with Crippen molar-refractivity contribution >= 4 is 5.91 Å². The number of amides is 1. The van der Waals surface area contributed by atoms with E-state index in [9.17, 15) is 4.79 Å². The second-order valence-electron chi connectivity index (χ2n) is 6.66. The van der Waals surface area contributed by atoms with Crippen LogP contribution in [-0.2, 0) is 0 Å². The molecule has 124 valence electrons. The van der Waals surface area contributed by atoms with Gasteiger partial charge in [-0.3, -0.25) is 4.79 Å². The molecule has 4 nitrogen and oxygen atoms in total. The van der Waals surface area contributed by atoms with Crippen molar-refractivity contribution in [1.29, 1.82) is 0 Å². The molecule has 5 rings (SSSR count). The first kappa shape index (κ1) is 15.2. The molecular formula is C20H22N2O2. The second kappa shape index (κ2) is 6.65. The summed E-state index contributed by atoms with van der Waals surface area (Å²) >= 11 is 0. The highest BCUT2D eigenvalue weighted by atomic mass is 16.5. The lowest BCUT2D eigenvalue weighted by atomic mass is 9.84. The summed E-state index contributed by atoms with van der Waals surface area (Å²) in [6, 6.07) is 17.3. The van der Waals surface area contributed by atoms with Crippen LogP contribution in [0.1, 0.15) is 23.2 Å². The molecule has 3 fully saturated rings. The Morgan fingerprint density at radius 2 is 1.62 bits per heavy atom. The molecule has 0 radical (unpaired) electrons. The van der Waals surface area contributed by atoms with Crippen LogP contribution in [0.2, 0.25) is 0 Å². The van der Waals surface area contributed by atoms with Crippen LogP contribution in [0, 0.1) is 5.92 Å². The summed E-state index contributed by atoms with van der Waals surface area (Å²) < 4.78 is 5.76. The van der Waals surface area contributed by atoms with E-state index in [0.717, 1.165) is 18.0 Å². The van der Waals surface area contributed by atoms with E-state index in [0.29, 0.717) is 17.5 Å². The van der Waals surface area contributed by atoms with Crippen molar-refractivity contribution in [2.24, 2.45) is 5.92 Å². The van der Waals surface area contributed by atoms with E-state index in [-0.39, 0.29) is 5.91 Å². The van der Waals surface area contributed by atoms with E-state index in [2.05, 4.69) is 10.2 Å². The Kier molecular flexibility index (Phi) is 4.22. The Hall–Kier alpha value is -2.33. The molecule has 24 heavy (non-hydrogen) atoms. The molecule has 1 N–H and O–H groups in total. The molecule has 3 aliphatic rings. The first-order valence-corrected chi connectivity index (χ1v) is 8.64. The lowest BCUT2D eigenvalue weighted by Gasteiger charge is -2.44. The number of para-hydroxylation sites is 1. The third-order valence-corrected chi connectivity index (χ3v) is 5.07. The predicted octanol–water partition coefficient (Wildman–Crippen LogP) is 3.30.